The van der Waals surface area contributed by atoms with E-state index in [1.165, 1.54) is 68.1 Å². The average Bonchev–Trinajstić information content (AvgIpc) is 3.86. The number of hydrogen-bond acceptors (Lipinski definition) is 3. The third-order valence-corrected chi connectivity index (χ3v) is 11.2. The molecule has 0 saturated heterocycles. The minimum absolute atomic E-state index is 0.588. The second-order valence-electron chi connectivity index (χ2n) is 15.5. The van der Waals surface area contributed by atoms with Crippen molar-refractivity contribution in [3.8, 4) is 22.8 Å². The summed E-state index contributed by atoms with van der Waals surface area (Å²) in [4.78, 5) is 14.8. The van der Waals surface area contributed by atoms with Gasteiger partial charge in [0.1, 0.15) is 0 Å². The zero-order chi connectivity index (χ0) is 44.8. The molecule has 0 saturated carbocycles. The summed E-state index contributed by atoms with van der Waals surface area (Å²) in [6.45, 7) is 19.3. The molecule has 0 amide bonds. The SMILES string of the molecule is C=C/C=C(\C=C/C)c1nc(C(/C=C\C)=C/C=C)nc(-c2ccc(-n3c4c(c5c3ccc3c6ccccc6n(-c6ccccc6)c35)CCCC4)cc2)n1.C=C/C=C\C.Cc1ccccc1. The molecule has 0 spiro atoms. The van der Waals surface area contributed by atoms with Crippen molar-refractivity contribution in [3.05, 3.63) is 236 Å². The molecule has 3 heterocycles. The molecule has 0 bridgehead atoms. The molecule has 0 atom stereocenters. The van der Waals surface area contributed by atoms with E-state index in [4.69, 9.17) is 15.0 Å². The van der Waals surface area contributed by atoms with Crippen molar-refractivity contribution in [3.63, 3.8) is 0 Å². The number of hydrogen-bond donors (Lipinski definition) is 0. The number of nitrogens with zero attached hydrogens (tertiary/aromatic N) is 5. The van der Waals surface area contributed by atoms with E-state index < -0.39 is 0 Å². The van der Waals surface area contributed by atoms with E-state index in [2.05, 4.69) is 139 Å². The first-order valence-electron chi connectivity index (χ1n) is 22.1. The Morgan fingerprint density at radius 2 is 1.14 bits per heavy atom. The average molecular weight is 836 g/mol. The van der Waals surface area contributed by atoms with Gasteiger partial charge in [0, 0.05) is 49.9 Å². The van der Waals surface area contributed by atoms with Gasteiger partial charge in [-0.3, -0.25) is 0 Å². The first-order chi connectivity index (χ1) is 31.5. The lowest BCUT2D eigenvalue weighted by atomic mass is 9.94. The third kappa shape index (κ3) is 9.55. The first-order valence-corrected chi connectivity index (χ1v) is 22.1. The number of para-hydroxylation sites is 2. The van der Waals surface area contributed by atoms with Gasteiger partial charge in [-0.2, -0.15) is 0 Å². The zero-order valence-electron chi connectivity index (χ0n) is 37.6. The maximum Gasteiger partial charge on any atom is 0.164 e. The fourth-order valence-electron chi connectivity index (χ4n) is 8.44. The topological polar surface area (TPSA) is 48.5 Å². The van der Waals surface area contributed by atoms with E-state index in [9.17, 15) is 0 Å². The van der Waals surface area contributed by atoms with Gasteiger partial charge in [-0.15, -0.1) is 0 Å². The highest BCUT2D eigenvalue weighted by molar-refractivity contribution is 6.19. The Balaban J connectivity index is 0.000000447. The van der Waals surface area contributed by atoms with E-state index >= 15 is 0 Å². The number of fused-ring (bicyclic) bond motifs is 7. The summed E-state index contributed by atoms with van der Waals surface area (Å²) >= 11 is 0. The highest BCUT2D eigenvalue weighted by Gasteiger charge is 2.26. The molecular weight excluding hydrogens is 779 g/mol. The molecule has 5 heteroatoms. The molecule has 0 aliphatic heterocycles. The van der Waals surface area contributed by atoms with E-state index in [-0.39, 0.29) is 0 Å². The van der Waals surface area contributed by atoms with Gasteiger partial charge in [0.05, 0.1) is 16.6 Å². The van der Waals surface area contributed by atoms with Crippen molar-refractivity contribution < 1.29 is 0 Å². The summed E-state index contributed by atoms with van der Waals surface area (Å²) in [5.41, 5.74) is 12.9. The van der Waals surface area contributed by atoms with Gasteiger partial charge in [-0.25, -0.2) is 15.0 Å². The monoisotopic (exact) mass is 835 g/mol. The lowest BCUT2D eigenvalue weighted by Gasteiger charge is -2.16. The Morgan fingerprint density at radius 1 is 0.547 bits per heavy atom. The largest absolute Gasteiger partial charge is 0.313 e. The van der Waals surface area contributed by atoms with E-state index in [0.717, 1.165) is 35.2 Å². The zero-order valence-corrected chi connectivity index (χ0v) is 37.6. The minimum Gasteiger partial charge on any atom is -0.313 e. The van der Waals surface area contributed by atoms with Gasteiger partial charge in [0.15, 0.2) is 17.5 Å². The number of benzene rings is 5. The van der Waals surface area contributed by atoms with Gasteiger partial charge in [0.25, 0.3) is 0 Å². The van der Waals surface area contributed by atoms with Crippen molar-refractivity contribution in [2.75, 3.05) is 0 Å². The molecular formula is C59H57N5. The summed E-state index contributed by atoms with van der Waals surface area (Å²) in [5.74, 6) is 1.79. The quantitative estimate of drug-likeness (QED) is 0.129. The van der Waals surface area contributed by atoms with Crippen LogP contribution >= 0.6 is 0 Å². The maximum absolute atomic E-state index is 4.97. The van der Waals surface area contributed by atoms with Crippen molar-refractivity contribution in [1.82, 2.24) is 24.1 Å². The molecule has 5 aromatic carbocycles. The summed E-state index contributed by atoms with van der Waals surface area (Å²) < 4.78 is 4.97. The fraction of sp³-hybridized carbons (Fsp3) is 0.136. The van der Waals surface area contributed by atoms with Gasteiger partial charge in [-0.05, 0) is 107 Å². The van der Waals surface area contributed by atoms with Crippen LogP contribution in [-0.4, -0.2) is 24.1 Å². The van der Waals surface area contributed by atoms with Crippen molar-refractivity contribution in [2.45, 2.75) is 53.4 Å². The molecule has 0 unspecified atom stereocenters. The van der Waals surface area contributed by atoms with Crippen LogP contribution < -0.4 is 0 Å². The van der Waals surface area contributed by atoms with Gasteiger partial charge >= 0.3 is 0 Å². The van der Waals surface area contributed by atoms with E-state index in [0.29, 0.717) is 17.5 Å². The summed E-state index contributed by atoms with van der Waals surface area (Å²) in [6, 6.07) is 43.2. The maximum atomic E-state index is 4.97. The molecule has 0 N–H and O–H groups in total. The Morgan fingerprint density at radius 3 is 1.70 bits per heavy atom. The van der Waals surface area contributed by atoms with Crippen molar-refractivity contribution in [2.24, 2.45) is 0 Å². The van der Waals surface area contributed by atoms with Crippen LogP contribution in [0.4, 0.5) is 0 Å². The number of aryl methyl sites for hydroxylation is 2. The molecule has 8 aromatic rings. The first kappa shape index (κ1) is 44.4. The van der Waals surface area contributed by atoms with Crippen LogP contribution in [0.3, 0.4) is 0 Å². The van der Waals surface area contributed by atoms with Crippen molar-refractivity contribution >= 4 is 43.9 Å². The molecule has 1 aliphatic carbocycles. The summed E-state index contributed by atoms with van der Waals surface area (Å²) in [5, 5.41) is 3.93. The number of aromatic nitrogens is 5. The van der Waals surface area contributed by atoms with E-state index in [1.807, 2.05) is 87.6 Å². The molecule has 318 valence electrons. The lowest BCUT2D eigenvalue weighted by Crippen LogP contribution is -2.07. The van der Waals surface area contributed by atoms with Crippen LogP contribution in [0.15, 0.2) is 208 Å². The van der Waals surface area contributed by atoms with Gasteiger partial charge in [-0.1, -0.05) is 165 Å². The molecule has 5 nitrogen and oxygen atoms in total. The normalized spacial score (nSPS) is 12.9. The van der Waals surface area contributed by atoms with Crippen LogP contribution in [0.2, 0.25) is 0 Å². The fourth-order valence-corrected chi connectivity index (χ4v) is 8.44. The van der Waals surface area contributed by atoms with Crippen molar-refractivity contribution in [1.29, 1.82) is 0 Å². The summed E-state index contributed by atoms with van der Waals surface area (Å²) in [7, 11) is 0. The molecule has 3 aromatic heterocycles. The predicted octanol–water partition coefficient (Wildman–Crippen LogP) is 15.5. The standard InChI is InChI=1S/C47H41N5.C7H8.C5H8/c1-5-16-32(17-6-2)45-48-46(33(18-7-3)19-8-4)50-47(49-45)34-26-28-36(29-27-34)51-41-25-15-13-23-39(41)43-42(51)31-30-38-37-22-12-14-24-40(37)52(44(38)43)35-20-10-9-11-21-35;1-7-5-3-2-4-6-7;1-3-5-4-2/h5-12,14,16-22,24,26-31H,1,3,13,15,23,25H2,2,4H3;2-6H,1H3;3-5H,1H2,2H3/b17-6-,19-8-,32-16+,33-18+;;5-4-. The Hall–Kier alpha value is -7.63. The molecule has 1 aliphatic rings. The van der Waals surface area contributed by atoms with Crippen LogP contribution in [0, 0.1) is 6.92 Å². The second kappa shape index (κ2) is 21.4. The minimum atomic E-state index is 0.588. The van der Waals surface area contributed by atoms with Crippen LogP contribution in [0.5, 0.6) is 0 Å². The van der Waals surface area contributed by atoms with Gasteiger partial charge < -0.3 is 9.13 Å². The predicted molar refractivity (Wildman–Crippen MR) is 275 cm³/mol. The van der Waals surface area contributed by atoms with Crippen LogP contribution in [-0.2, 0) is 12.8 Å². The molecule has 64 heavy (non-hydrogen) atoms. The highest BCUT2D eigenvalue weighted by atomic mass is 15.0. The Bertz CT molecular complexity index is 3010. The number of rotatable bonds is 10. The van der Waals surface area contributed by atoms with E-state index in [1.54, 1.807) is 18.2 Å². The van der Waals surface area contributed by atoms with Gasteiger partial charge in [0.2, 0.25) is 0 Å². The van der Waals surface area contributed by atoms with Crippen LogP contribution in [0.1, 0.15) is 62.1 Å². The molecule has 9 rings (SSSR count). The smallest absolute Gasteiger partial charge is 0.164 e. The Kier molecular flexibility index (Phi) is 14.9. The second-order valence-corrected chi connectivity index (χ2v) is 15.5. The molecule has 0 radical (unpaired) electrons. The Labute approximate surface area is 378 Å². The van der Waals surface area contributed by atoms with Crippen LogP contribution in [0.25, 0.3) is 66.6 Å². The lowest BCUT2D eigenvalue weighted by molar-refractivity contribution is 0.667. The number of allylic oxidation sites excluding steroid dienone is 13. The highest BCUT2D eigenvalue weighted by Crippen LogP contribution is 2.43. The molecule has 0 fully saturated rings. The summed E-state index contributed by atoms with van der Waals surface area (Å²) in [6.07, 6.45) is 25.4. The third-order valence-electron chi connectivity index (χ3n) is 11.2.